The maximum Gasteiger partial charge on any atom is 0.277 e. The van der Waals surface area contributed by atoms with E-state index < -0.39 is 0 Å². The lowest BCUT2D eigenvalue weighted by Crippen LogP contribution is -2.46. The number of benzene rings is 3. The summed E-state index contributed by atoms with van der Waals surface area (Å²) in [6, 6.07) is 21.6. The molecule has 3 aromatic rings. The van der Waals surface area contributed by atoms with Crippen molar-refractivity contribution in [3.05, 3.63) is 89.7 Å². The topological polar surface area (TPSA) is 66.4 Å². The average molecular weight is 477 g/mol. The molecule has 4 rings (SSSR count). The molecule has 0 atom stereocenters. The van der Waals surface area contributed by atoms with Crippen LogP contribution in [0.15, 0.2) is 77.9 Å². The van der Waals surface area contributed by atoms with Gasteiger partial charge in [-0.1, -0.05) is 18.2 Å². The van der Waals surface area contributed by atoms with Crippen LogP contribution in [-0.2, 0) is 11.3 Å². The van der Waals surface area contributed by atoms with Crippen molar-refractivity contribution >= 4 is 17.8 Å². The van der Waals surface area contributed by atoms with Gasteiger partial charge in [0.2, 0.25) is 0 Å². The van der Waals surface area contributed by atoms with E-state index in [0.717, 1.165) is 55.3 Å². The van der Waals surface area contributed by atoms with Crippen LogP contribution in [0.2, 0.25) is 0 Å². The third kappa shape index (κ3) is 7.04. The summed E-state index contributed by atoms with van der Waals surface area (Å²) in [5.41, 5.74) is 5.43. The molecule has 0 aliphatic carbocycles. The Labute approximate surface area is 204 Å². The first-order valence-electron chi connectivity index (χ1n) is 11.5. The van der Waals surface area contributed by atoms with Crippen molar-refractivity contribution in [2.75, 3.05) is 44.8 Å². The molecule has 0 spiro atoms. The summed E-state index contributed by atoms with van der Waals surface area (Å²) < 4.78 is 24.2. The predicted octanol–water partition coefficient (Wildman–Crippen LogP) is 3.69. The zero-order valence-corrected chi connectivity index (χ0v) is 19.7. The van der Waals surface area contributed by atoms with Crippen molar-refractivity contribution in [3.63, 3.8) is 0 Å². The van der Waals surface area contributed by atoms with Gasteiger partial charge >= 0.3 is 0 Å². The Morgan fingerprint density at radius 3 is 2.49 bits per heavy atom. The number of hydrazone groups is 1. The number of piperazine rings is 1. The number of rotatable bonds is 9. The lowest BCUT2D eigenvalue weighted by molar-refractivity contribution is -0.123. The second kappa shape index (κ2) is 12.0. The van der Waals surface area contributed by atoms with Gasteiger partial charge in [-0.05, 0) is 60.2 Å². The van der Waals surface area contributed by atoms with Crippen LogP contribution in [0.1, 0.15) is 11.1 Å². The molecule has 7 nitrogen and oxygen atoms in total. The van der Waals surface area contributed by atoms with E-state index in [1.54, 1.807) is 25.5 Å². The highest BCUT2D eigenvalue weighted by Crippen LogP contribution is 2.23. The number of amides is 1. The highest BCUT2D eigenvalue weighted by molar-refractivity contribution is 5.83. The molecule has 35 heavy (non-hydrogen) atoms. The smallest absolute Gasteiger partial charge is 0.277 e. The molecule has 3 aromatic carbocycles. The van der Waals surface area contributed by atoms with Crippen LogP contribution in [0, 0.1) is 5.82 Å². The van der Waals surface area contributed by atoms with E-state index in [0.29, 0.717) is 5.75 Å². The van der Waals surface area contributed by atoms with E-state index in [2.05, 4.69) is 20.3 Å². The number of nitrogens with zero attached hydrogens (tertiary/aromatic N) is 3. The van der Waals surface area contributed by atoms with Crippen LogP contribution in [0.3, 0.4) is 0 Å². The van der Waals surface area contributed by atoms with Crippen LogP contribution in [0.4, 0.5) is 10.1 Å². The van der Waals surface area contributed by atoms with E-state index in [9.17, 15) is 9.18 Å². The molecular formula is C27H29FN4O3. The van der Waals surface area contributed by atoms with Crippen LogP contribution in [0.5, 0.6) is 11.5 Å². The Hall–Kier alpha value is -3.91. The largest absolute Gasteiger partial charge is 0.496 e. The minimum Gasteiger partial charge on any atom is -0.496 e. The summed E-state index contributed by atoms with van der Waals surface area (Å²) in [4.78, 5) is 16.6. The molecule has 1 aliphatic rings. The molecule has 1 N–H and O–H groups in total. The number of ether oxygens (including phenoxy) is 2. The molecule has 1 amide bonds. The zero-order chi connectivity index (χ0) is 24.5. The van der Waals surface area contributed by atoms with Gasteiger partial charge in [-0.3, -0.25) is 9.69 Å². The van der Waals surface area contributed by atoms with Crippen molar-refractivity contribution < 1.29 is 18.7 Å². The second-order valence-electron chi connectivity index (χ2n) is 8.21. The molecule has 182 valence electrons. The van der Waals surface area contributed by atoms with Gasteiger partial charge in [-0.15, -0.1) is 0 Å². The Morgan fingerprint density at radius 2 is 1.77 bits per heavy atom. The van der Waals surface area contributed by atoms with E-state index in [-0.39, 0.29) is 18.3 Å². The van der Waals surface area contributed by atoms with Gasteiger partial charge in [0.1, 0.15) is 17.3 Å². The van der Waals surface area contributed by atoms with Crippen molar-refractivity contribution in [2.24, 2.45) is 5.10 Å². The standard InChI is InChI=1S/C27H29FN4O3/c1-34-26-12-7-21(18-29-30-27(33)20-35-25-5-3-2-4-6-25)17-22(26)19-31-13-15-32(16-14-31)24-10-8-23(28)9-11-24/h2-12,17-18H,13-16,19-20H2,1H3,(H,30,33)/b29-18-. The summed E-state index contributed by atoms with van der Waals surface area (Å²) in [6.07, 6.45) is 1.61. The van der Waals surface area contributed by atoms with E-state index in [1.165, 1.54) is 12.1 Å². The fourth-order valence-electron chi connectivity index (χ4n) is 3.94. The minimum atomic E-state index is -0.335. The second-order valence-corrected chi connectivity index (χ2v) is 8.21. The Balaban J connectivity index is 1.29. The highest BCUT2D eigenvalue weighted by atomic mass is 19.1. The Morgan fingerprint density at radius 1 is 1.03 bits per heavy atom. The first-order chi connectivity index (χ1) is 17.1. The monoisotopic (exact) mass is 476 g/mol. The van der Waals surface area contributed by atoms with Crippen molar-refractivity contribution in [1.82, 2.24) is 10.3 Å². The van der Waals surface area contributed by atoms with Gasteiger partial charge in [0.05, 0.1) is 13.3 Å². The summed E-state index contributed by atoms with van der Waals surface area (Å²) in [5, 5.41) is 4.05. The van der Waals surface area contributed by atoms with Crippen molar-refractivity contribution in [2.45, 2.75) is 6.54 Å². The van der Waals surface area contributed by atoms with Gasteiger partial charge < -0.3 is 14.4 Å². The Kier molecular flexibility index (Phi) is 8.30. The zero-order valence-electron chi connectivity index (χ0n) is 19.7. The van der Waals surface area contributed by atoms with Crippen LogP contribution >= 0.6 is 0 Å². The fourth-order valence-corrected chi connectivity index (χ4v) is 3.94. The average Bonchev–Trinajstić information content (AvgIpc) is 2.89. The lowest BCUT2D eigenvalue weighted by atomic mass is 10.1. The number of carbonyl (C=O) groups excluding carboxylic acids is 1. The number of halogens is 1. The van der Waals surface area contributed by atoms with E-state index in [4.69, 9.17) is 9.47 Å². The maximum absolute atomic E-state index is 13.2. The Bertz CT molecular complexity index is 1130. The fraction of sp³-hybridized carbons (Fsp3) is 0.259. The van der Waals surface area contributed by atoms with Gasteiger partial charge in [0.25, 0.3) is 5.91 Å². The molecule has 0 saturated carbocycles. The number of methoxy groups -OCH3 is 1. The number of nitrogens with one attached hydrogen (secondary N) is 1. The predicted molar refractivity (Wildman–Crippen MR) is 135 cm³/mol. The molecular weight excluding hydrogens is 447 g/mol. The molecule has 1 aliphatic heterocycles. The van der Waals surface area contributed by atoms with Gasteiger partial charge in [-0.25, -0.2) is 9.82 Å². The van der Waals surface area contributed by atoms with Gasteiger partial charge in [0, 0.05) is 44.0 Å². The third-order valence-electron chi connectivity index (χ3n) is 5.78. The number of para-hydroxylation sites is 1. The third-order valence-corrected chi connectivity index (χ3v) is 5.78. The molecule has 1 fully saturated rings. The van der Waals surface area contributed by atoms with E-state index in [1.807, 2.05) is 48.5 Å². The minimum absolute atomic E-state index is 0.112. The first kappa shape index (κ1) is 24.2. The van der Waals surface area contributed by atoms with Gasteiger partial charge in [0.15, 0.2) is 6.61 Å². The SMILES string of the molecule is COc1ccc(/C=N\NC(=O)COc2ccccc2)cc1CN1CCN(c2ccc(F)cc2)CC1. The molecule has 0 bridgehead atoms. The number of hydrogen-bond donors (Lipinski definition) is 1. The molecule has 8 heteroatoms. The summed E-state index contributed by atoms with van der Waals surface area (Å²) >= 11 is 0. The molecule has 1 heterocycles. The van der Waals surface area contributed by atoms with Crippen LogP contribution < -0.4 is 19.8 Å². The number of carbonyl (C=O) groups is 1. The van der Waals surface area contributed by atoms with Crippen molar-refractivity contribution in [1.29, 1.82) is 0 Å². The first-order valence-corrected chi connectivity index (χ1v) is 11.5. The maximum atomic E-state index is 13.2. The highest BCUT2D eigenvalue weighted by Gasteiger charge is 2.19. The molecule has 0 radical (unpaired) electrons. The van der Waals surface area contributed by atoms with Crippen molar-refractivity contribution in [3.8, 4) is 11.5 Å². The number of anilines is 1. The lowest BCUT2D eigenvalue weighted by Gasteiger charge is -2.36. The van der Waals surface area contributed by atoms with Crippen LogP contribution in [-0.4, -0.2) is 56.9 Å². The molecule has 0 aromatic heterocycles. The number of hydrogen-bond acceptors (Lipinski definition) is 6. The summed E-state index contributed by atoms with van der Waals surface area (Å²) in [7, 11) is 1.66. The molecule has 1 saturated heterocycles. The van der Waals surface area contributed by atoms with Crippen LogP contribution in [0.25, 0.3) is 0 Å². The normalized spacial score (nSPS) is 14.2. The summed E-state index contributed by atoms with van der Waals surface area (Å²) in [5.74, 6) is 0.884. The molecule has 0 unspecified atom stereocenters. The van der Waals surface area contributed by atoms with Gasteiger partial charge in [-0.2, -0.15) is 5.10 Å². The summed E-state index contributed by atoms with van der Waals surface area (Å²) in [6.45, 7) is 4.13. The van der Waals surface area contributed by atoms with E-state index >= 15 is 0 Å². The quantitative estimate of drug-likeness (QED) is 0.377.